The average molecular weight is 522 g/mol. The third kappa shape index (κ3) is 4.87. The average Bonchev–Trinajstić information content (AvgIpc) is 2.76. The van der Waals surface area contributed by atoms with Gasteiger partial charge in [0.05, 0.1) is 23.0 Å². The van der Waals surface area contributed by atoms with Crippen molar-refractivity contribution in [2.45, 2.75) is 11.9 Å². The van der Waals surface area contributed by atoms with Crippen molar-refractivity contribution in [2.75, 3.05) is 16.2 Å². The molecule has 0 unspecified atom stereocenters. The fraction of sp³-hybridized carbons (Fsp3) is 0.136. The molecule has 0 fully saturated rings. The van der Waals surface area contributed by atoms with E-state index in [0.29, 0.717) is 32.2 Å². The van der Waals surface area contributed by atoms with Gasteiger partial charge in [-0.25, -0.2) is 8.42 Å². The lowest BCUT2D eigenvalue weighted by atomic mass is 10.2. The number of ether oxygens (including phenoxy) is 1. The molecular weight excluding hydrogens is 504 g/mol. The van der Waals surface area contributed by atoms with Crippen LogP contribution in [-0.2, 0) is 20.6 Å². The Kier molecular flexibility index (Phi) is 6.22. The Morgan fingerprint density at radius 3 is 2.55 bits per heavy atom. The van der Waals surface area contributed by atoms with E-state index >= 15 is 0 Å². The van der Waals surface area contributed by atoms with Crippen molar-refractivity contribution in [3.8, 4) is 5.75 Å². The van der Waals surface area contributed by atoms with E-state index < -0.39 is 22.0 Å². The van der Waals surface area contributed by atoms with Crippen LogP contribution < -0.4 is 14.4 Å². The number of nitrogens with zero attached hydrogens (tertiary/aromatic N) is 1. The van der Waals surface area contributed by atoms with Crippen LogP contribution in [0.4, 0.5) is 11.4 Å². The number of sulfonamides is 1. The van der Waals surface area contributed by atoms with Crippen molar-refractivity contribution >= 4 is 54.8 Å². The smallest absolute Gasteiger partial charge is 0.267 e. The summed E-state index contributed by atoms with van der Waals surface area (Å²) in [6.45, 7) is -0.137. The largest absolute Gasteiger partial charge is 0.476 e. The second-order valence-electron chi connectivity index (χ2n) is 6.97. The molecule has 1 aliphatic heterocycles. The molecule has 1 amide bonds. The highest BCUT2D eigenvalue weighted by Crippen LogP contribution is 2.36. The van der Waals surface area contributed by atoms with Crippen LogP contribution in [0.5, 0.6) is 5.75 Å². The molecule has 3 aromatic rings. The van der Waals surface area contributed by atoms with Crippen molar-refractivity contribution in [1.29, 1.82) is 0 Å². The summed E-state index contributed by atoms with van der Waals surface area (Å²) in [5.41, 5.74) is 1.56. The Labute approximate surface area is 194 Å². The molecule has 0 saturated carbocycles. The molecular formula is C22H18BrClN2O4S. The molecule has 3 aromatic carbocycles. The van der Waals surface area contributed by atoms with Crippen LogP contribution in [0.25, 0.3) is 0 Å². The Bertz CT molecular complexity index is 1220. The molecule has 6 nitrogen and oxygen atoms in total. The van der Waals surface area contributed by atoms with Gasteiger partial charge in [0, 0.05) is 10.2 Å². The van der Waals surface area contributed by atoms with E-state index in [2.05, 4.69) is 21.2 Å². The van der Waals surface area contributed by atoms with Gasteiger partial charge in [0.25, 0.3) is 5.91 Å². The number of nitrogens with one attached hydrogen (secondary N) is 1. The quantitative estimate of drug-likeness (QED) is 0.521. The van der Waals surface area contributed by atoms with E-state index in [1.807, 2.05) is 6.07 Å². The monoisotopic (exact) mass is 520 g/mol. The molecule has 1 aliphatic rings. The highest BCUT2D eigenvalue weighted by Gasteiger charge is 2.36. The standard InChI is InChI=1S/C22H18BrClN2O4S/c23-17-11-10-16(12-18(17)24)25-22(27)21-13-26(19-8-4-5-9-20(19)30-21)31(28,29)14-15-6-2-1-3-7-15/h1-12,21H,13-14H2,(H,25,27)/t21-/m0/s1. The number of anilines is 2. The van der Waals surface area contributed by atoms with Gasteiger partial charge in [0.15, 0.2) is 6.10 Å². The van der Waals surface area contributed by atoms with Gasteiger partial charge >= 0.3 is 0 Å². The first-order valence-corrected chi connectivity index (χ1v) is 12.2. The zero-order valence-corrected chi connectivity index (χ0v) is 19.3. The first-order valence-electron chi connectivity index (χ1n) is 9.39. The first-order chi connectivity index (χ1) is 14.8. The molecule has 1 heterocycles. The summed E-state index contributed by atoms with van der Waals surface area (Å²) in [5.74, 6) is -0.314. The number of carbonyl (C=O) groups is 1. The maximum absolute atomic E-state index is 13.2. The van der Waals surface area contributed by atoms with E-state index in [4.69, 9.17) is 16.3 Å². The molecule has 0 saturated heterocycles. The number of hydrogen-bond donors (Lipinski definition) is 1. The van der Waals surface area contributed by atoms with Gasteiger partial charge in [-0.05, 0) is 51.8 Å². The van der Waals surface area contributed by atoms with Gasteiger partial charge < -0.3 is 10.1 Å². The van der Waals surface area contributed by atoms with Crippen LogP contribution in [0, 0.1) is 0 Å². The van der Waals surface area contributed by atoms with Crippen LogP contribution in [-0.4, -0.2) is 27.0 Å². The molecule has 31 heavy (non-hydrogen) atoms. The van der Waals surface area contributed by atoms with Crippen LogP contribution in [0.15, 0.2) is 77.3 Å². The lowest BCUT2D eigenvalue weighted by Crippen LogP contribution is -2.49. The van der Waals surface area contributed by atoms with Crippen molar-refractivity contribution in [1.82, 2.24) is 0 Å². The molecule has 4 rings (SSSR count). The molecule has 0 spiro atoms. The molecule has 160 valence electrons. The second-order valence-corrected chi connectivity index (χ2v) is 10.1. The fourth-order valence-corrected chi connectivity index (χ4v) is 5.27. The number of carbonyl (C=O) groups excluding carboxylic acids is 1. The summed E-state index contributed by atoms with van der Waals surface area (Å²) in [5, 5.41) is 3.19. The number of fused-ring (bicyclic) bond motifs is 1. The first kappa shape index (κ1) is 21.7. The van der Waals surface area contributed by atoms with Gasteiger partial charge in [-0.2, -0.15) is 0 Å². The predicted octanol–water partition coefficient (Wildman–Crippen LogP) is 4.84. The molecule has 9 heteroatoms. The highest BCUT2D eigenvalue weighted by molar-refractivity contribution is 9.10. The number of para-hydroxylation sites is 2. The van der Waals surface area contributed by atoms with Crippen LogP contribution in [0.1, 0.15) is 5.56 Å². The molecule has 1 N–H and O–H groups in total. The van der Waals surface area contributed by atoms with Gasteiger partial charge in [0.2, 0.25) is 10.0 Å². The third-order valence-corrected chi connectivity index (χ3v) is 7.69. The minimum absolute atomic E-state index is 0.137. The molecule has 0 radical (unpaired) electrons. The van der Waals surface area contributed by atoms with Crippen molar-refractivity contribution in [3.63, 3.8) is 0 Å². The summed E-state index contributed by atoms with van der Waals surface area (Å²) < 4.78 is 34.3. The van der Waals surface area contributed by atoms with Gasteiger partial charge in [-0.3, -0.25) is 9.10 Å². The molecule has 1 atom stereocenters. The summed E-state index contributed by atoms with van der Waals surface area (Å²) in [4.78, 5) is 12.9. The Morgan fingerprint density at radius 2 is 1.81 bits per heavy atom. The predicted molar refractivity (Wildman–Crippen MR) is 125 cm³/mol. The Hall–Kier alpha value is -2.55. The zero-order valence-electron chi connectivity index (χ0n) is 16.2. The van der Waals surface area contributed by atoms with Gasteiger partial charge in [-0.1, -0.05) is 54.1 Å². The van der Waals surface area contributed by atoms with Crippen LogP contribution in [0.3, 0.4) is 0 Å². The van der Waals surface area contributed by atoms with E-state index in [-0.39, 0.29) is 12.3 Å². The Morgan fingerprint density at radius 1 is 1.10 bits per heavy atom. The fourth-order valence-electron chi connectivity index (χ4n) is 3.26. The lowest BCUT2D eigenvalue weighted by molar-refractivity contribution is -0.122. The summed E-state index contributed by atoms with van der Waals surface area (Å²) in [7, 11) is -3.76. The number of rotatable bonds is 5. The maximum Gasteiger partial charge on any atom is 0.267 e. The van der Waals surface area contributed by atoms with Crippen molar-refractivity contribution < 1.29 is 17.9 Å². The van der Waals surface area contributed by atoms with Gasteiger partial charge in [-0.15, -0.1) is 0 Å². The van der Waals surface area contributed by atoms with E-state index in [1.54, 1.807) is 66.7 Å². The normalized spacial score (nSPS) is 15.7. The number of halogens is 2. The summed E-state index contributed by atoms with van der Waals surface area (Å²) in [6.07, 6.45) is -1.03. The molecule has 0 bridgehead atoms. The van der Waals surface area contributed by atoms with Crippen LogP contribution >= 0.6 is 27.5 Å². The SMILES string of the molecule is O=C(Nc1ccc(Br)c(Cl)c1)[C@@H]1CN(S(=O)(=O)Cc2ccccc2)c2ccccc2O1. The van der Waals surface area contributed by atoms with E-state index in [1.165, 1.54) is 4.31 Å². The lowest BCUT2D eigenvalue weighted by Gasteiger charge is -2.34. The van der Waals surface area contributed by atoms with Crippen molar-refractivity contribution in [3.05, 3.63) is 87.9 Å². The minimum Gasteiger partial charge on any atom is -0.476 e. The van der Waals surface area contributed by atoms with E-state index in [0.717, 1.165) is 0 Å². The summed E-state index contributed by atoms with van der Waals surface area (Å²) in [6, 6.07) is 20.7. The van der Waals surface area contributed by atoms with E-state index in [9.17, 15) is 13.2 Å². The maximum atomic E-state index is 13.2. The molecule has 0 aliphatic carbocycles. The zero-order chi connectivity index (χ0) is 22.0. The van der Waals surface area contributed by atoms with Crippen LogP contribution in [0.2, 0.25) is 5.02 Å². The second kappa shape index (κ2) is 8.90. The van der Waals surface area contributed by atoms with Crippen molar-refractivity contribution in [2.24, 2.45) is 0 Å². The third-order valence-electron chi connectivity index (χ3n) is 4.74. The topological polar surface area (TPSA) is 75.7 Å². The number of amides is 1. The van der Waals surface area contributed by atoms with Gasteiger partial charge in [0.1, 0.15) is 5.75 Å². The minimum atomic E-state index is -3.76. The Balaban J connectivity index is 1.60. The summed E-state index contributed by atoms with van der Waals surface area (Å²) >= 11 is 9.40. The highest BCUT2D eigenvalue weighted by atomic mass is 79.9. The number of benzene rings is 3. The molecule has 0 aromatic heterocycles. The number of hydrogen-bond acceptors (Lipinski definition) is 4.